The lowest BCUT2D eigenvalue weighted by atomic mass is 10.4. The van der Waals surface area contributed by atoms with Crippen molar-refractivity contribution in [3.8, 4) is 0 Å². The van der Waals surface area contributed by atoms with Crippen LogP contribution in [-0.4, -0.2) is 25.6 Å². The lowest BCUT2D eigenvalue weighted by Gasteiger charge is -2.03. The maximum Gasteiger partial charge on any atom is 0.0701 e. The summed E-state index contributed by atoms with van der Waals surface area (Å²) in [6.07, 6.45) is 1.03. The van der Waals surface area contributed by atoms with Crippen molar-refractivity contribution in [1.29, 1.82) is 0 Å². The molecule has 0 amide bonds. The number of alkyl halides is 1. The molecule has 0 unspecified atom stereocenters. The number of rotatable bonds is 8. The third-order valence-electron chi connectivity index (χ3n) is 1.79. The number of nitrogens with one attached hydrogen (secondary N) is 1. The average molecular weight is 313 g/mol. The molecule has 0 aliphatic heterocycles. The summed E-state index contributed by atoms with van der Waals surface area (Å²) in [6, 6.07) is 4.21. The molecule has 0 saturated carbocycles. The molecule has 5 heteroatoms. The van der Waals surface area contributed by atoms with E-state index in [4.69, 9.17) is 16.3 Å². The number of hydrogen-bond donors (Lipinski definition) is 1. The minimum absolute atomic E-state index is 0.580. The van der Waals surface area contributed by atoms with E-state index in [0.717, 1.165) is 26.1 Å². The number of ether oxygens (including phenoxy) is 1. The zero-order valence-corrected chi connectivity index (χ0v) is 11.6. The van der Waals surface area contributed by atoms with Gasteiger partial charge in [0.2, 0.25) is 0 Å². The fourth-order valence-electron chi connectivity index (χ4n) is 1.11. The highest BCUT2D eigenvalue weighted by Crippen LogP contribution is 2.21. The maximum absolute atomic E-state index is 5.48. The van der Waals surface area contributed by atoms with Gasteiger partial charge in [-0.1, -0.05) is 0 Å². The number of hydrogen-bond acceptors (Lipinski definition) is 3. The highest BCUT2D eigenvalue weighted by Gasteiger charge is 1.96. The monoisotopic (exact) mass is 311 g/mol. The summed E-state index contributed by atoms with van der Waals surface area (Å²) in [5.41, 5.74) is 0. The second-order valence-corrected chi connectivity index (χ2v) is 5.96. The molecule has 0 aliphatic carbocycles. The Hall–Kier alpha value is 0.390. The van der Waals surface area contributed by atoms with E-state index in [2.05, 4.69) is 33.4 Å². The molecule has 1 N–H and O–H groups in total. The quantitative estimate of drug-likeness (QED) is 0.588. The van der Waals surface area contributed by atoms with Crippen molar-refractivity contribution in [2.45, 2.75) is 13.0 Å². The van der Waals surface area contributed by atoms with E-state index in [9.17, 15) is 0 Å². The topological polar surface area (TPSA) is 21.3 Å². The Labute approximate surface area is 108 Å². The van der Waals surface area contributed by atoms with E-state index in [0.29, 0.717) is 12.5 Å². The molecule has 0 spiro atoms. The fourth-order valence-corrected chi connectivity index (χ4v) is 2.68. The highest BCUT2D eigenvalue weighted by molar-refractivity contribution is 9.11. The van der Waals surface area contributed by atoms with Crippen LogP contribution in [0.5, 0.6) is 0 Å². The van der Waals surface area contributed by atoms with Gasteiger partial charge in [0, 0.05) is 23.9 Å². The maximum atomic E-state index is 5.48. The zero-order valence-electron chi connectivity index (χ0n) is 8.47. The fraction of sp³-hybridized carbons (Fsp3) is 0.600. The van der Waals surface area contributed by atoms with Gasteiger partial charge in [0.05, 0.1) is 10.4 Å². The van der Waals surface area contributed by atoms with E-state index in [1.807, 2.05) is 0 Å². The van der Waals surface area contributed by atoms with Crippen molar-refractivity contribution in [1.82, 2.24) is 5.32 Å². The van der Waals surface area contributed by atoms with Crippen LogP contribution in [0.4, 0.5) is 0 Å². The van der Waals surface area contributed by atoms with E-state index in [-0.39, 0.29) is 0 Å². The van der Waals surface area contributed by atoms with Crippen molar-refractivity contribution in [3.63, 3.8) is 0 Å². The largest absolute Gasteiger partial charge is 0.380 e. The van der Waals surface area contributed by atoms with Crippen LogP contribution in [-0.2, 0) is 11.3 Å². The molecule has 0 bridgehead atoms. The van der Waals surface area contributed by atoms with Gasteiger partial charge in [0.15, 0.2) is 0 Å². The van der Waals surface area contributed by atoms with Crippen LogP contribution >= 0.6 is 38.9 Å². The third-order valence-corrected chi connectivity index (χ3v) is 3.57. The molecular weight excluding hydrogens is 298 g/mol. The van der Waals surface area contributed by atoms with Crippen molar-refractivity contribution < 1.29 is 4.74 Å². The average Bonchev–Trinajstić information content (AvgIpc) is 2.63. The number of halogens is 2. The molecule has 0 radical (unpaired) electrons. The van der Waals surface area contributed by atoms with Crippen LogP contribution in [0, 0.1) is 0 Å². The van der Waals surface area contributed by atoms with Gasteiger partial charge in [-0.05, 0) is 41.0 Å². The Balaban J connectivity index is 1.93. The Morgan fingerprint density at radius 3 is 2.93 bits per heavy atom. The molecule has 2 nitrogen and oxygen atoms in total. The molecule has 15 heavy (non-hydrogen) atoms. The van der Waals surface area contributed by atoms with Crippen molar-refractivity contribution in [3.05, 3.63) is 20.8 Å². The summed E-state index contributed by atoms with van der Waals surface area (Å²) >= 11 is 10.7. The van der Waals surface area contributed by atoms with Crippen LogP contribution in [0.2, 0.25) is 0 Å². The molecule has 1 aromatic rings. The summed E-state index contributed by atoms with van der Waals surface area (Å²) in [5.74, 6) is 0.580. The Morgan fingerprint density at radius 1 is 1.40 bits per heavy atom. The molecule has 0 saturated heterocycles. The molecule has 86 valence electrons. The van der Waals surface area contributed by atoms with E-state index < -0.39 is 0 Å². The molecular formula is C10H15BrClNOS. The minimum atomic E-state index is 0.580. The summed E-state index contributed by atoms with van der Waals surface area (Å²) in [5, 5.41) is 3.37. The van der Waals surface area contributed by atoms with Crippen LogP contribution < -0.4 is 5.32 Å². The SMILES string of the molecule is ClCCOCCCNCc1ccc(Br)s1. The predicted octanol–water partition coefficient (Wildman–Crippen LogP) is 3.25. The number of thiophene rings is 1. The van der Waals surface area contributed by atoms with Gasteiger partial charge in [-0.2, -0.15) is 0 Å². The molecule has 1 heterocycles. The van der Waals surface area contributed by atoms with Crippen molar-refractivity contribution in [2.75, 3.05) is 25.6 Å². The first-order chi connectivity index (χ1) is 7.33. The van der Waals surface area contributed by atoms with Crippen LogP contribution in [0.15, 0.2) is 15.9 Å². The molecule has 0 aromatic carbocycles. The predicted molar refractivity (Wildman–Crippen MR) is 69.9 cm³/mol. The van der Waals surface area contributed by atoms with Crippen LogP contribution in [0.25, 0.3) is 0 Å². The van der Waals surface area contributed by atoms with Gasteiger partial charge in [-0.3, -0.25) is 0 Å². The lowest BCUT2D eigenvalue weighted by molar-refractivity contribution is 0.146. The first-order valence-electron chi connectivity index (χ1n) is 4.91. The van der Waals surface area contributed by atoms with E-state index >= 15 is 0 Å². The summed E-state index contributed by atoms with van der Waals surface area (Å²) < 4.78 is 6.45. The summed E-state index contributed by atoms with van der Waals surface area (Å²) in [6.45, 7) is 3.36. The van der Waals surface area contributed by atoms with Crippen LogP contribution in [0.3, 0.4) is 0 Å². The van der Waals surface area contributed by atoms with Crippen molar-refractivity contribution >= 4 is 38.9 Å². The molecule has 0 fully saturated rings. The Bertz CT molecular complexity index is 270. The zero-order chi connectivity index (χ0) is 10.9. The minimum Gasteiger partial charge on any atom is -0.380 e. The van der Waals surface area contributed by atoms with E-state index in [1.165, 1.54) is 8.66 Å². The Kier molecular flexibility index (Phi) is 7.65. The molecule has 0 atom stereocenters. The van der Waals surface area contributed by atoms with E-state index in [1.54, 1.807) is 11.3 Å². The van der Waals surface area contributed by atoms with Crippen molar-refractivity contribution in [2.24, 2.45) is 0 Å². The Morgan fingerprint density at radius 2 is 2.27 bits per heavy atom. The van der Waals surface area contributed by atoms with Gasteiger partial charge in [0.25, 0.3) is 0 Å². The lowest BCUT2D eigenvalue weighted by Crippen LogP contribution is -2.15. The van der Waals surface area contributed by atoms with Gasteiger partial charge in [-0.25, -0.2) is 0 Å². The molecule has 1 aromatic heterocycles. The molecule has 1 rings (SSSR count). The first kappa shape index (κ1) is 13.5. The smallest absolute Gasteiger partial charge is 0.0701 e. The second kappa shape index (κ2) is 8.53. The normalized spacial score (nSPS) is 10.8. The first-order valence-corrected chi connectivity index (χ1v) is 7.06. The van der Waals surface area contributed by atoms with Gasteiger partial charge in [-0.15, -0.1) is 22.9 Å². The third kappa shape index (κ3) is 6.53. The molecule has 0 aliphatic rings. The van der Waals surface area contributed by atoms with Gasteiger partial charge in [0.1, 0.15) is 0 Å². The van der Waals surface area contributed by atoms with Gasteiger partial charge >= 0.3 is 0 Å². The highest BCUT2D eigenvalue weighted by atomic mass is 79.9. The second-order valence-electron chi connectivity index (χ2n) is 3.04. The van der Waals surface area contributed by atoms with Gasteiger partial charge < -0.3 is 10.1 Å². The summed E-state index contributed by atoms with van der Waals surface area (Å²) in [7, 11) is 0. The standard InChI is InChI=1S/C10H15BrClNOS/c11-10-3-2-9(15-10)8-13-5-1-6-14-7-4-12/h2-3,13H,1,4-8H2. The van der Waals surface area contributed by atoms with Crippen LogP contribution in [0.1, 0.15) is 11.3 Å². The summed E-state index contributed by atoms with van der Waals surface area (Å²) in [4.78, 5) is 1.35.